The molecule has 0 spiro atoms. The van der Waals surface area contributed by atoms with Crippen molar-refractivity contribution in [2.45, 2.75) is 38.8 Å². The van der Waals surface area contributed by atoms with Gasteiger partial charge >= 0.3 is 0 Å². The van der Waals surface area contributed by atoms with Gasteiger partial charge in [0.05, 0.1) is 6.10 Å². The van der Waals surface area contributed by atoms with E-state index in [1.54, 1.807) is 19.2 Å². The first-order valence-electron chi connectivity index (χ1n) is 9.59. The number of aliphatic imine (C=N–C) groups is 1. The highest BCUT2D eigenvalue weighted by atomic mass is 16.5. The Morgan fingerprint density at radius 1 is 1.26 bits per heavy atom. The summed E-state index contributed by atoms with van der Waals surface area (Å²) in [5, 5.41) is 18.9. The molecule has 1 heterocycles. The lowest BCUT2D eigenvalue weighted by atomic mass is 9.55. The van der Waals surface area contributed by atoms with Crippen molar-refractivity contribution in [2.24, 2.45) is 16.3 Å². The molecule has 1 saturated carbocycles. The van der Waals surface area contributed by atoms with Crippen LogP contribution in [-0.2, 0) is 4.74 Å². The largest absolute Gasteiger partial charge is 0.508 e. The summed E-state index contributed by atoms with van der Waals surface area (Å²) in [6, 6.07) is 6.53. The first-order chi connectivity index (χ1) is 12.9. The lowest BCUT2D eigenvalue weighted by Gasteiger charge is -2.60. The van der Waals surface area contributed by atoms with E-state index < -0.39 is 0 Å². The maximum atomic E-state index is 12.1. The number of benzene rings is 1. The Morgan fingerprint density at radius 3 is 2.67 bits per heavy atom. The summed E-state index contributed by atoms with van der Waals surface area (Å²) in [6.45, 7) is 6.39. The van der Waals surface area contributed by atoms with Crippen molar-refractivity contribution in [1.29, 1.82) is 0 Å². The molecule has 1 aromatic rings. The lowest BCUT2D eigenvalue weighted by Crippen LogP contribution is -2.71. The van der Waals surface area contributed by atoms with E-state index in [2.05, 4.69) is 34.8 Å². The molecule has 27 heavy (non-hydrogen) atoms. The van der Waals surface area contributed by atoms with Crippen molar-refractivity contribution in [1.82, 2.24) is 16.0 Å². The van der Waals surface area contributed by atoms with Crippen molar-refractivity contribution in [2.75, 3.05) is 26.7 Å². The molecule has 7 heteroatoms. The van der Waals surface area contributed by atoms with Crippen LogP contribution in [-0.4, -0.2) is 55.9 Å². The van der Waals surface area contributed by atoms with Gasteiger partial charge < -0.3 is 25.8 Å². The first kappa shape index (κ1) is 19.5. The molecule has 3 unspecified atom stereocenters. The van der Waals surface area contributed by atoms with Gasteiger partial charge in [-0.3, -0.25) is 9.79 Å². The van der Waals surface area contributed by atoms with Crippen molar-refractivity contribution in [3.63, 3.8) is 0 Å². The smallest absolute Gasteiger partial charge is 0.251 e. The van der Waals surface area contributed by atoms with Crippen LogP contribution in [0.3, 0.4) is 0 Å². The van der Waals surface area contributed by atoms with Gasteiger partial charge in [-0.25, -0.2) is 0 Å². The number of fused-ring (bicyclic) bond motifs is 1. The maximum absolute atomic E-state index is 12.1. The zero-order chi connectivity index (χ0) is 19.4. The second kappa shape index (κ2) is 8.17. The molecule has 2 fully saturated rings. The van der Waals surface area contributed by atoms with E-state index in [-0.39, 0.29) is 17.1 Å². The third-order valence-corrected chi connectivity index (χ3v) is 5.68. The van der Waals surface area contributed by atoms with Crippen LogP contribution in [0.1, 0.15) is 37.0 Å². The van der Waals surface area contributed by atoms with Crippen molar-refractivity contribution in [3.8, 4) is 5.75 Å². The number of hydrogen-bond acceptors (Lipinski definition) is 4. The average molecular weight is 374 g/mol. The minimum absolute atomic E-state index is 0.0792. The van der Waals surface area contributed by atoms with E-state index in [1.165, 1.54) is 18.6 Å². The number of amides is 1. The van der Waals surface area contributed by atoms with Gasteiger partial charge in [0, 0.05) is 49.7 Å². The fraction of sp³-hybridized carbons (Fsp3) is 0.600. The summed E-state index contributed by atoms with van der Waals surface area (Å²) < 4.78 is 5.95. The van der Waals surface area contributed by atoms with Crippen LogP contribution in [0, 0.1) is 11.3 Å². The topological polar surface area (TPSA) is 95.0 Å². The second-order valence-electron chi connectivity index (χ2n) is 7.84. The molecule has 3 rings (SSSR count). The standard InChI is InChI=1S/C20H30N4O3/c1-20(2)16(15-5-4-12-27-17(15)20)24-19(21-3)23-11-10-22-18(26)13-6-8-14(25)9-7-13/h6-9,15-17,25H,4-5,10-12H2,1-3H3,(H,22,26)(H2,21,23,24). The number of nitrogens with one attached hydrogen (secondary N) is 3. The zero-order valence-corrected chi connectivity index (χ0v) is 16.3. The highest BCUT2D eigenvalue weighted by Crippen LogP contribution is 2.51. The van der Waals surface area contributed by atoms with Crippen molar-refractivity contribution < 1.29 is 14.6 Å². The van der Waals surface area contributed by atoms with Gasteiger partial charge in [-0.2, -0.15) is 0 Å². The molecule has 4 N–H and O–H groups in total. The van der Waals surface area contributed by atoms with Gasteiger partial charge in [0.1, 0.15) is 5.75 Å². The summed E-state index contributed by atoms with van der Waals surface area (Å²) in [7, 11) is 1.75. The first-order valence-corrected chi connectivity index (χ1v) is 9.59. The molecule has 0 bridgehead atoms. The normalized spacial score (nSPS) is 26.5. The number of hydrogen-bond donors (Lipinski definition) is 4. The number of phenolic OH excluding ortho intramolecular Hbond substituents is 1. The summed E-state index contributed by atoms with van der Waals surface area (Å²) in [5.74, 6) is 1.26. The molecule has 1 aromatic carbocycles. The number of ether oxygens (including phenoxy) is 1. The van der Waals surface area contributed by atoms with E-state index in [4.69, 9.17) is 4.74 Å². The van der Waals surface area contributed by atoms with E-state index in [9.17, 15) is 9.90 Å². The molecule has 0 radical (unpaired) electrons. The molecule has 1 saturated heterocycles. The molecule has 3 atom stereocenters. The summed E-state index contributed by atoms with van der Waals surface area (Å²) in [6.07, 6.45) is 2.63. The van der Waals surface area contributed by atoms with E-state index in [0.29, 0.717) is 36.7 Å². The highest BCUT2D eigenvalue weighted by molar-refractivity contribution is 5.94. The van der Waals surface area contributed by atoms with E-state index in [0.717, 1.165) is 19.0 Å². The van der Waals surface area contributed by atoms with Crippen LogP contribution in [0.4, 0.5) is 0 Å². The predicted molar refractivity (Wildman–Crippen MR) is 105 cm³/mol. The summed E-state index contributed by atoms with van der Waals surface area (Å²) in [4.78, 5) is 16.4. The summed E-state index contributed by atoms with van der Waals surface area (Å²) >= 11 is 0. The number of aromatic hydroxyl groups is 1. The number of carbonyl (C=O) groups is 1. The Morgan fingerprint density at radius 2 is 1.96 bits per heavy atom. The number of guanidine groups is 1. The van der Waals surface area contributed by atoms with Crippen LogP contribution >= 0.6 is 0 Å². The van der Waals surface area contributed by atoms with Crippen LogP contribution in [0.15, 0.2) is 29.3 Å². The van der Waals surface area contributed by atoms with Crippen LogP contribution in [0.2, 0.25) is 0 Å². The quantitative estimate of drug-likeness (QED) is 0.356. The number of phenols is 1. The Labute approximate surface area is 160 Å². The molecule has 2 aliphatic rings. The summed E-state index contributed by atoms with van der Waals surface area (Å²) in [5.41, 5.74) is 0.602. The number of rotatable bonds is 5. The molecular weight excluding hydrogens is 344 g/mol. The predicted octanol–water partition coefficient (Wildman–Crippen LogP) is 1.49. The minimum atomic E-state index is -0.165. The minimum Gasteiger partial charge on any atom is -0.508 e. The van der Waals surface area contributed by atoms with E-state index >= 15 is 0 Å². The van der Waals surface area contributed by atoms with Gasteiger partial charge in [-0.15, -0.1) is 0 Å². The zero-order valence-electron chi connectivity index (χ0n) is 16.3. The molecule has 1 aliphatic heterocycles. The number of nitrogens with zero attached hydrogens (tertiary/aromatic N) is 1. The van der Waals surface area contributed by atoms with Gasteiger partial charge in [0.25, 0.3) is 5.91 Å². The van der Waals surface area contributed by atoms with Gasteiger partial charge in [0.2, 0.25) is 0 Å². The Bertz CT molecular complexity index is 687. The maximum Gasteiger partial charge on any atom is 0.251 e. The molecule has 0 aromatic heterocycles. The molecule has 1 aliphatic carbocycles. The average Bonchev–Trinajstić information content (AvgIpc) is 2.67. The van der Waals surface area contributed by atoms with Crippen LogP contribution in [0.25, 0.3) is 0 Å². The van der Waals surface area contributed by atoms with Gasteiger partial charge in [0.15, 0.2) is 5.96 Å². The fourth-order valence-electron chi connectivity index (χ4n) is 4.23. The second-order valence-corrected chi connectivity index (χ2v) is 7.84. The third kappa shape index (κ3) is 4.18. The molecule has 148 valence electrons. The van der Waals surface area contributed by atoms with Crippen molar-refractivity contribution in [3.05, 3.63) is 29.8 Å². The number of carbonyl (C=O) groups excluding carboxylic acids is 1. The lowest BCUT2D eigenvalue weighted by molar-refractivity contribution is -0.188. The van der Waals surface area contributed by atoms with Gasteiger partial charge in [-0.1, -0.05) is 13.8 Å². The SMILES string of the molecule is CN=C(NCCNC(=O)c1ccc(O)cc1)NC1C2CCCOC2C1(C)C. The molecular formula is C20H30N4O3. The monoisotopic (exact) mass is 374 g/mol. The van der Waals surface area contributed by atoms with Crippen LogP contribution < -0.4 is 16.0 Å². The van der Waals surface area contributed by atoms with Crippen molar-refractivity contribution >= 4 is 11.9 Å². The van der Waals surface area contributed by atoms with Gasteiger partial charge in [-0.05, 0) is 37.1 Å². The molecule has 7 nitrogen and oxygen atoms in total. The fourth-order valence-corrected chi connectivity index (χ4v) is 4.23. The third-order valence-electron chi connectivity index (χ3n) is 5.68. The van der Waals surface area contributed by atoms with E-state index in [1.807, 2.05) is 0 Å². The highest BCUT2D eigenvalue weighted by Gasteiger charge is 2.58. The Kier molecular flexibility index (Phi) is 5.89. The Hall–Kier alpha value is -2.28. The molecule has 1 amide bonds. The van der Waals surface area contributed by atoms with Crippen LogP contribution in [0.5, 0.6) is 5.75 Å². The Balaban J connectivity index is 1.43.